The van der Waals surface area contributed by atoms with E-state index in [1.807, 2.05) is 0 Å². The third kappa shape index (κ3) is 5.01. The van der Waals surface area contributed by atoms with E-state index in [1.54, 1.807) is 71.4 Å². The predicted octanol–water partition coefficient (Wildman–Crippen LogP) is 2.71. The number of aliphatic hydroxyl groups is 4. The second kappa shape index (κ2) is 11.5. The number of fused-ring (bicyclic) bond motifs is 1. The fourth-order valence-electron chi connectivity index (χ4n) is 4.76. The van der Waals surface area contributed by atoms with Crippen LogP contribution in [0.5, 0.6) is 17.2 Å². The van der Waals surface area contributed by atoms with Crippen LogP contribution >= 0.6 is 11.6 Å². The molecule has 210 valence electrons. The Morgan fingerprint density at radius 2 is 1.70 bits per heavy atom. The van der Waals surface area contributed by atoms with Gasteiger partial charge in [-0.1, -0.05) is 23.7 Å². The molecular formula is C29H28ClNO9. The maximum Gasteiger partial charge on any atom is 0.229 e. The van der Waals surface area contributed by atoms with Crippen molar-refractivity contribution in [1.82, 2.24) is 4.57 Å². The molecule has 0 unspecified atom stereocenters. The summed E-state index contributed by atoms with van der Waals surface area (Å²) in [6, 6.07) is 17.0. The molecule has 40 heavy (non-hydrogen) atoms. The SMILES string of the molecule is COc1ccc(C(=O)c2ccccc2-n2cc(O[C@H]3O[C@@H](CO)[C@@H](O)[C@@H](O)[C@@H]3O)c3ccc(Cl)cc32)c(OC)c1. The van der Waals surface area contributed by atoms with Crippen LogP contribution in [0.1, 0.15) is 15.9 Å². The number of methoxy groups -OCH3 is 2. The summed E-state index contributed by atoms with van der Waals surface area (Å²) in [6.45, 7) is -0.591. The fourth-order valence-corrected chi connectivity index (χ4v) is 4.93. The van der Waals surface area contributed by atoms with Crippen LogP contribution in [-0.2, 0) is 4.74 Å². The molecule has 4 aromatic rings. The summed E-state index contributed by atoms with van der Waals surface area (Å²) in [5.74, 6) is 0.851. The fraction of sp³-hybridized carbons (Fsp3) is 0.276. The second-order valence-electron chi connectivity index (χ2n) is 9.25. The third-order valence-electron chi connectivity index (χ3n) is 6.88. The number of aliphatic hydroxyl groups excluding tert-OH is 4. The summed E-state index contributed by atoms with van der Waals surface area (Å²) < 4.78 is 24.0. The summed E-state index contributed by atoms with van der Waals surface area (Å²) in [7, 11) is 3.00. The van der Waals surface area contributed by atoms with Crippen LogP contribution < -0.4 is 14.2 Å². The van der Waals surface area contributed by atoms with Crippen molar-refractivity contribution < 1.29 is 44.2 Å². The molecule has 1 aromatic heterocycles. The van der Waals surface area contributed by atoms with Gasteiger partial charge in [-0.3, -0.25) is 4.79 Å². The van der Waals surface area contributed by atoms with Crippen LogP contribution in [0.25, 0.3) is 16.6 Å². The number of para-hydroxylation sites is 1. The Hall–Kier alpha value is -3.64. The number of benzene rings is 3. The van der Waals surface area contributed by atoms with Gasteiger partial charge in [0.1, 0.15) is 41.7 Å². The van der Waals surface area contributed by atoms with Crippen LogP contribution in [0.4, 0.5) is 0 Å². The number of hydrogen-bond donors (Lipinski definition) is 4. The Labute approximate surface area is 234 Å². The lowest BCUT2D eigenvalue weighted by Gasteiger charge is -2.39. The van der Waals surface area contributed by atoms with Crippen LogP contribution in [0.15, 0.2) is 66.9 Å². The Balaban J connectivity index is 1.59. The molecule has 0 bridgehead atoms. The smallest absolute Gasteiger partial charge is 0.229 e. The van der Waals surface area contributed by atoms with Gasteiger partial charge in [0.25, 0.3) is 0 Å². The van der Waals surface area contributed by atoms with E-state index in [1.165, 1.54) is 14.2 Å². The summed E-state index contributed by atoms with van der Waals surface area (Å²) in [5.41, 5.74) is 1.81. The van der Waals surface area contributed by atoms with E-state index in [0.29, 0.717) is 44.2 Å². The van der Waals surface area contributed by atoms with Gasteiger partial charge in [0, 0.05) is 22.0 Å². The van der Waals surface area contributed by atoms with E-state index in [9.17, 15) is 25.2 Å². The standard InChI is InChI=1S/C29H28ClNO9/c1-37-16-8-10-19(22(12-16)38-2)25(33)18-5-3-4-6-20(18)31-13-23(17-9-7-15(30)11-21(17)31)39-29-28(36)27(35)26(34)24(14-32)40-29/h3-13,24,26-29,32,34-36H,14H2,1-2H3/t24-,26+,27+,28-,29-/m0/s1. The highest BCUT2D eigenvalue weighted by molar-refractivity contribution is 6.31. The number of carbonyl (C=O) groups is 1. The number of ketones is 1. The first kappa shape index (κ1) is 27.9. The molecule has 1 fully saturated rings. The first-order valence-corrected chi connectivity index (χ1v) is 12.8. The molecule has 10 nitrogen and oxygen atoms in total. The Kier molecular flexibility index (Phi) is 7.99. The zero-order valence-corrected chi connectivity index (χ0v) is 22.4. The lowest BCUT2D eigenvalue weighted by Crippen LogP contribution is -2.60. The number of aromatic nitrogens is 1. The van der Waals surface area contributed by atoms with Crippen molar-refractivity contribution in [2.75, 3.05) is 20.8 Å². The van der Waals surface area contributed by atoms with Crippen molar-refractivity contribution in [3.63, 3.8) is 0 Å². The van der Waals surface area contributed by atoms with Gasteiger partial charge in [-0.15, -0.1) is 0 Å². The quantitative estimate of drug-likeness (QED) is 0.236. The van der Waals surface area contributed by atoms with Crippen molar-refractivity contribution in [1.29, 1.82) is 0 Å². The first-order valence-electron chi connectivity index (χ1n) is 12.4. The van der Waals surface area contributed by atoms with Gasteiger partial charge in [-0.25, -0.2) is 0 Å². The molecule has 0 radical (unpaired) electrons. The highest BCUT2D eigenvalue weighted by atomic mass is 35.5. The number of ether oxygens (including phenoxy) is 4. The van der Waals surface area contributed by atoms with E-state index < -0.39 is 37.3 Å². The lowest BCUT2D eigenvalue weighted by atomic mass is 9.99. The maximum absolute atomic E-state index is 13.8. The highest BCUT2D eigenvalue weighted by Gasteiger charge is 2.45. The zero-order valence-electron chi connectivity index (χ0n) is 21.6. The van der Waals surface area contributed by atoms with Crippen LogP contribution in [0, 0.1) is 0 Å². The lowest BCUT2D eigenvalue weighted by molar-refractivity contribution is -0.277. The van der Waals surface area contributed by atoms with Crippen molar-refractivity contribution in [2.24, 2.45) is 0 Å². The number of halogens is 1. The molecule has 11 heteroatoms. The summed E-state index contributed by atoms with van der Waals surface area (Å²) >= 11 is 6.34. The van der Waals surface area contributed by atoms with Crippen LogP contribution in [0.2, 0.25) is 5.02 Å². The first-order chi connectivity index (χ1) is 19.3. The molecule has 5 atom stereocenters. The number of hydrogen-bond acceptors (Lipinski definition) is 9. The van der Waals surface area contributed by atoms with E-state index in [-0.39, 0.29) is 11.5 Å². The minimum atomic E-state index is -1.60. The van der Waals surface area contributed by atoms with Crippen molar-refractivity contribution in [2.45, 2.75) is 30.7 Å². The van der Waals surface area contributed by atoms with Gasteiger partial charge < -0.3 is 43.9 Å². The summed E-state index contributed by atoms with van der Waals surface area (Å²) in [5, 5.41) is 41.4. The maximum atomic E-state index is 13.8. The van der Waals surface area contributed by atoms with E-state index in [0.717, 1.165) is 0 Å². The monoisotopic (exact) mass is 569 g/mol. The molecule has 0 spiro atoms. The van der Waals surface area contributed by atoms with Gasteiger partial charge >= 0.3 is 0 Å². The molecule has 0 saturated carbocycles. The average Bonchev–Trinajstić information content (AvgIpc) is 3.33. The van der Waals surface area contributed by atoms with Gasteiger partial charge in [0.2, 0.25) is 6.29 Å². The molecule has 1 saturated heterocycles. The van der Waals surface area contributed by atoms with Gasteiger partial charge in [0.05, 0.1) is 43.8 Å². The molecule has 1 aliphatic rings. The molecule has 3 aromatic carbocycles. The van der Waals surface area contributed by atoms with Gasteiger partial charge in [-0.2, -0.15) is 0 Å². The average molecular weight is 570 g/mol. The Bertz CT molecular complexity index is 1540. The largest absolute Gasteiger partial charge is 0.497 e. The molecule has 4 N–H and O–H groups in total. The summed E-state index contributed by atoms with van der Waals surface area (Å²) in [4.78, 5) is 13.8. The molecule has 0 aliphatic carbocycles. The second-order valence-corrected chi connectivity index (χ2v) is 9.69. The molecular weight excluding hydrogens is 542 g/mol. The predicted molar refractivity (Wildman–Crippen MR) is 146 cm³/mol. The normalized spacial score (nSPS) is 22.7. The van der Waals surface area contributed by atoms with E-state index in [4.69, 9.17) is 30.5 Å². The van der Waals surface area contributed by atoms with Crippen LogP contribution in [0.3, 0.4) is 0 Å². The number of nitrogens with zero attached hydrogens (tertiary/aromatic N) is 1. The summed E-state index contributed by atoms with van der Waals surface area (Å²) in [6.07, 6.45) is -5.64. The number of carbonyl (C=O) groups excluding carboxylic acids is 1. The third-order valence-corrected chi connectivity index (χ3v) is 7.12. The Morgan fingerprint density at radius 3 is 2.42 bits per heavy atom. The van der Waals surface area contributed by atoms with Gasteiger partial charge in [0.15, 0.2) is 5.78 Å². The van der Waals surface area contributed by atoms with Crippen molar-refractivity contribution >= 4 is 28.3 Å². The van der Waals surface area contributed by atoms with Crippen molar-refractivity contribution in [3.05, 3.63) is 83.0 Å². The van der Waals surface area contributed by atoms with Crippen molar-refractivity contribution in [3.8, 4) is 22.9 Å². The molecule has 0 amide bonds. The van der Waals surface area contributed by atoms with E-state index in [2.05, 4.69) is 0 Å². The molecule has 1 aliphatic heterocycles. The minimum absolute atomic E-state index is 0.250. The zero-order chi connectivity index (χ0) is 28.6. The Morgan fingerprint density at radius 1 is 0.925 bits per heavy atom. The van der Waals surface area contributed by atoms with Crippen LogP contribution in [-0.4, -0.2) is 82.3 Å². The highest BCUT2D eigenvalue weighted by Crippen LogP contribution is 2.36. The molecule has 2 heterocycles. The number of rotatable bonds is 8. The minimum Gasteiger partial charge on any atom is -0.497 e. The van der Waals surface area contributed by atoms with Gasteiger partial charge in [-0.05, 0) is 42.5 Å². The molecule has 5 rings (SSSR count). The topological polar surface area (TPSA) is 140 Å². The van der Waals surface area contributed by atoms with E-state index >= 15 is 0 Å².